The second-order valence-electron chi connectivity index (χ2n) is 6.05. The normalized spacial score (nSPS) is 11.3. The first kappa shape index (κ1) is 16.9. The SMILES string of the molecule is Fc1ccc(F)c(CNc2ccc3n[nH]c(/C=C/c4ccccn4)c3c2)c1. The second-order valence-corrected chi connectivity index (χ2v) is 6.05. The molecule has 0 unspecified atom stereocenters. The molecule has 27 heavy (non-hydrogen) atoms. The molecule has 0 saturated carbocycles. The molecule has 0 aliphatic rings. The van der Waals surface area contributed by atoms with Crippen LogP contribution in [0.4, 0.5) is 14.5 Å². The fourth-order valence-corrected chi connectivity index (χ4v) is 2.79. The summed E-state index contributed by atoms with van der Waals surface area (Å²) in [4.78, 5) is 4.25. The van der Waals surface area contributed by atoms with Crippen LogP contribution in [0, 0.1) is 11.6 Å². The molecule has 2 N–H and O–H groups in total. The van der Waals surface area contributed by atoms with E-state index >= 15 is 0 Å². The third-order valence-corrected chi connectivity index (χ3v) is 4.18. The van der Waals surface area contributed by atoms with Crippen molar-refractivity contribution in [3.63, 3.8) is 0 Å². The third kappa shape index (κ3) is 3.84. The number of nitrogens with zero attached hydrogens (tertiary/aromatic N) is 2. The number of nitrogens with one attached hydrogen (secondary N) is 2. The van der Waals surface area contributed by atoms with Crippen molar-refractivity contribution in [3.05, 3.63) is 89.4 Å². The summed E-state index contributed by atoms with van der Waals surface area (Å²) >= 11 is 0. The Morgan fingerprint density at radius 2 is 1.93 bits per heavy atom. The molecular weight excluding hydrogens is 346 g/mol. The minimum absolute atomic E-state index is 0.187. The quantitative estimate of drug-likeness (QED) is 0.524. The van der Waals surface area contributed by atoms with E-state index in [-0.39, 0.29) is 12.1 Å². The van der Waals surface area contributed by atoms with Crippen molar-refractivity contribution in [1.29, 1.82) is 0 Å². The largest absolute Gasteiger partial charge is 0.381 e. The van der Waals surface area contributed by atoms with E-state index in [1.807, 2.05) is 48.6 Å². The predicted molar refractivity (Wildman–Crippen MR) is 103 cm³/mol. The molecule has 0 aliphatic heterocycles. The number of fused-ring (bicyclic) bond motifs is 1. The molecule has 0 bridgehead atoms. The third-order valence-electron chi connectivity index (χ3n) is 4.18. The van der Waals surface area contributed by atoms with Gasteiger partial charge in [-0.2, -0.15) is 5.10 Å². The predicted octanol–water partition coefficient (Wildman–Crippen LogP) is 5.02. The average molecular weight is 362 g/mol. The molecule has 2 heterocycles. The van der Waals surface area contributed by atoms with Gasteiger partial charge in [-0.15, -0.1) is 0 Å². The lowest BCUT2D eigenvalue weighted by atomic mass is 10.1. The number of pyridine rings is 1. The highest BCUT2D eigenvalue weighted by atomic mass is 19.1. The van der Waals surface area contributed by atoms with Crippen LogP contribution in [0.3, 0.4) is 0 Å². The number of benzene rings is 2. The number of hydrogen-bond donors (Lipinski definition) is 2. The average Bonchev–Trinajstić information content (AvgIpc) is 3.10. The zero-order chi connectivity index (χ0) is 18.6. The van der Waals surface area contributed by atoms with Gasteiger partial charge in [-0.05, 0) is 60.7 Å². The summed E-state index contributed by atoms with van der Waals surface area (Å²) in [5.41, 5.74) is 3.57. The Hall–Kier alpha value is -3.54. The number of aromatic nitrogens is 3. The van der Waals surface area contributed by atoms with Crippen LogP contribution in [0.1, 0.15) is 17.0 Å². The van der Waals surface area contributed by atoms with Crippen molar-refractivity contribution in [2.75, 3.05) is 5.32 Å². The summed E-state index contributed by atoms with van der Waals surface area (Å²) in [6.45, 7) is 0.187. The van der Waals surface area contributed by atoms with Crippen molar-refractivity contribution < 1.29 is 8.78 Å². The monoisotopic (exact) mass is 362 g/mol. The molecule has 0 atom stereocenters. The number of aromatic amines is 1. The Labute approximate surface area is 154 Å². The molecule has 2 aromatic heterocycles. The highest BCUT2D eigenvalue weighted by Crippen LogP contribution is 2.23. The van der Waals surface area contributed by atoms with E-state index in [2.05, 4.69) is 20.5 Å². The highest BCUT2D eigenvalue weighted by molar-refractivity contribution is 5.91. The number of H-pyrrole nitrogens is 1. The number of halogens is 2. The zero-order valence-corrected chi connectivity index (χ0v) is 14.3. The summed E-state index contributed by atoms with van der Waals surface area (Å²) in [5.74, 6) is -0.896. The van der Waals surface area contributed by atoms with Crippen LogP contribution in [0.25, 0.3) is 23.1 Å². The van der Waals surface area contributed by atoms with Crippen molar-refractivity contribution in [2.24, 2.45) is 0 Å². The lowest BCUT2D eigenvalue weighted by molar-refractivity contribution is 0.587. The van der Waals surface area contributed by atoms with E-state index in [4.69, 9.17) is 0 Å². The molecular formula is C21H16F2N4. The lowest BCUT2D eigenvalue weighted by Crippen LogP contribution is -2.02. The fourth-order valence-electron chi connectivity index (χ4n) is 2.79. The minimum atomic E-state index is -0.458. The van der Waals surface area contributed by atoms with E-state index in [1.54, 1.807) is 6.20 Å². The molecule has 4 aromatic rings. The molecule has 0 spiro atoms. The second kappa shape index (κ2) is 7.37. The van der Waals surface area contributed by atoms with Crippen molar-refractivity contribution >= 4 is 28.7 Å². The van der Waals surface area contributed by atoms with Crippen molar-refractivity contribution in [3.8, 4) is 0 Å². The molecule has 0 amide bonds. The standard InChI is InChI=1S/C21H16F2N4/c22-15-4-7-19(23)14(11-15)13-25-17-6-9-21-18(12-17)20(26-27-21)8-5-16-3-1-2-10-24-16/h1-12,25H,13H2,(H,26,27)/b8-5+. The summed E-state index contributed by atoms with van der Waals surface area (Å²) in [6, 6.07) is 14.8. The van der Waals surface area contributed by atoms with Crippen LogP contribution in [0.15, 0.2) is 60.8 Å². The van der Waals surface area contributed by atoms with Gasteiger partial charge in [0.2, 0.25) is 0 Å². The maximum atomic E-state index is 13.8. The van der Waals surface area contributed by atoms with Crippen LogP contribution in [-0.4, -0.2) is 15.2 Å². The van der Waals surface area contributed by atoms with Gasteiger partial charge in [-0.1, -0.05) is 6.07 Å². The maximum Gasteiger partial charge on any atom is 0.128 e. The fraction of sp³-hybridized carbons (Fsp3) is 0.0476. The molecule has 4 nitrogen and oxygen atoms in total. The van der Waals surface area contributed by atoms with Crippen LogP contribution >= 0.6 is 0 Å². The lowest BCUT2D eigenvalue weighted by Gasteiger charge is -2.08. The van der Waals surface area contributed by atoms with E-state index < -0.39 is 11.6 Å². The van der Waals surface area contributed by atoms with Gasteiger partial charge >= 0.3 is 0 Å². The molecule has 2 aromatic carbocycles. The van der Waals surface area contributed by atoms with Gasteiger partial charge in [-0.3, -0.25) is 10.1 Å². The van der Waals surface area contributed by atoms with Crippen molar-refractivity contribution in [2.45, 2.75) is 6.54 Å². The Bertz CT molecular complexity index is 1100. The number of rotatable bonds is 5. The molecule has 134 valence electrons. The maximum absolute atomic E-state index is 13.8. The van der Waals surface area contributed by atoms with Crippen LogP contribution in [0.2, 0.25) is 0 Å². The summed E-state index contributed by atoms with van der Waals surface area (Å²) in [7, 11) is 0. The number of hydrogen-bond acceptors (Lipinski definition) is 3. The van der Waals surface area contributed by atoms with E-state index in [0.29, 0.717) is 0 Å². The molecule has 0 radical (unpaired) electrons. The van der Waals surface area contributed by atoms with Gasteiger partial charge in [0.1, 0.15) is 11.6 Å². The first-order valence-electron chi connectivity index (χ1n) is 8.44. The smallest absolute Gasteiger partial charge is 0.128 e. The van der Waals surface area contributed by atoms with Gasteiger partial charge in [0.15, 0.2) is 0 Å². The van der Waals surface area contributed by atoms with Crippen LogP contribution in [-0.2, 0) is 6.54 Å². The Morgan fingerprint density at radius 1 is 1.00 bits per heavy atom. The van der Waals surface area contributed by atoms with Gasteiger partial charge in [-0.25, -0.2) is 8.78 Å². The molecule has 6 heteroatoms. The Morgan fingerprint density at radius 3 is 2.78 bits per heavy atom. The van der Waals surface area contributed by atoms with E-state index in [9.17, 15) is 8.78 Å². The van der Waals surface area contributed by atoms with Gasteiger partial charge in [0.05, 0.1) is 16.9 Å². The minimum Gasteiger partial charge on any atom is -0.381 e. The summed E-state index contributed by atoms with van der Waals surface area (Å²) < 4.78 is 27.1. The van der Waals surface area contributed by atoms with E-state index in [1.165, 1.54) is 6.07 Å². The highest BCUT2D eigenvalue weighted by Gasteiger charge is 2.06. The number of anilines is 1. The molecule has 0 saturated heterocycles. The van der Waals surface area contributed by atoms with Crippen LogP contribution in [0.5, 0.6) is 0 Å². The van der Waals surface area contributed by atoms with E-state index in [0.717, 1.165) is 40.1 Å². The van der Waals surface area contributed by atoms with Gasteiger partial charge < -0.3 is 5.32 Å². The Balaban J connectivity index is 1.56. The summed E-state index contributed by atoms with van der Waals surface area (Å²) in [6.07, 6.45) is 5.54. The molecule has 4 rings (SSSR count). The van der Waals surface area contributed by atoms with Crippen molar-refractivity contribution in [1.82, 2.24) is 15.2 Å². The molecule has 0 aliphatic carbocycles. The zero-order valence-electron chi connectivity index (χ0n) is 14.3. The first-order chi connectivity index (χ1) is 13.2. The topological polar surface area (TPSA) is 53.6 Å². The van der Waals surface area contributed by atoms with Gasteiger partial charge in [0, 0.05) is 29.4 Å². The Kier molecular flexibility index (Phi) is 4.61. The van der Waals surface area contributed by atoms with Crippen LogP contribution < -0.4 is 5.32 Å². The summed E-state index contributed by atoms with van der Waals surface area (Å²) in [5, 5.41) is 11.3. The van der Waals surface area contributed by atoms with Gasteiger partial charge in [0.25, 0.3) is 0 Å². The first-order valence-corrected chi connectivity index (χ1v) is 8.44. The molecule has 0 fully saturated rings.